The average Bonchev–Trinajstić information content (AvgIpc) is 2.03. The minimum atomic E-state index is -0.178. The Kier molecular flexibility index (Phi) is 7.29. The van der Waals surface area contributed by atoms with Crippen molar-refractivity contribution in [1.29, 1.82) is 0 Å². The van der Waals surface area contributed by atoms with Crippen molar-refractivity contribution >= 4 is 0 Å². The van der Waals surface area contributed by atoms with Gasteiger partial charge in [0.15, 0.2) is 0 Å². The molecule has 0 fully saturated rings. The van der Waals surface area contributed by atoms with Gasteiger partial charge in [0.1, 0.15) is 0 Å². The summed E-state index contributed by atoms with van der Waals surface area (Å²) in [6, 6.07) is 0.577. The molecule has 0 rings (SSSR count). The molecule has 13 heavy (non-hydrogen) atoms. The highest BCUT2D eigenvalue weighted by Gasteiger charge is 2.06. The smallest absolute Gasteiger partial charge is 0.0524 e. The highest BCUT2D eigenvalue weighted by molar-refractivity contribution is 4.64. The van der Waals surface area contributed by atoms with Gasteiger partial charge in [0.05, 0.1) is 6.10 Å². The first-order valence-electron chi connectivity index (χ1n) is 5.47. The maximum Gasteiger partial charge on any atom is 0.0524 e. The number of hydrogen-bond donors (Lipinski definition) is 2. The van der Waals surface area contributed by atoms with Gasteiger partial charge in [0.2, 0.25) is 0 Å². The Bertz CT molecular complexity index is 115. The minimum Gasteiger partial charge on any atom is -0.393 e. The zero-order valence-corrected chi connectivity index (χ0v) is 9.51. The SMILES string of the molecule is CCC(C)CC(C)NCCC(C)O. The Labute approximate surface area is 82.7 Å². The lowest BCUT2D eigenvalue weighted by Crippen LogP contribution is -2.30. The van der Waals surface area contributed by atoms with E-state index in [2.05, 4.69) is 26.1 Å². The van der Waals surface area contributed by atoms with E-state index in [-0.39, 0.29) is 6.10 Å². The molecule has 2 nitrogen and oxygen atoms in total. The van der Waals surface area contributed by atoms with Crippen LogP contribution in [0.15, 0.2) is 0 Å². The van der Waals surface area contributed by atoms with Crippen LogP contribution in [0.3, 0.4) is 0 Å². The number of rotatable bonds is 7. The van der Waals surface area contributed by atoms with Gasteiger partial charge in [-0.25, -0.2) is 0 Å². The van der Waals surface area contributed by atoms with Crippen molar-refractivity contribution in [2.75, 3.05) is 6.54 Å². The maximum atomic E-state index is 9.05. The van der Waals surface area contributed by atoms with E-state index in [1.54, 1.807) is 0 Å². The van der Waals surface area contributed by atoms with Crippen molar-refractivity contribution < 1.29 is 5.11 Å². The van der Waals surface area contributed by atoms with E-state index in [0.717, 1.165) is 18.9 Å². The molecule has 0 heterocycles. The zero-order valence-electron chi connectivity index (χ0n) is 9.51. The quantitative estimate of drug-likeness (QED) is 0.640. The summed E-state index contributed by atoms with van der Waals surface area (Å²) in [7, 11) is 0. The molecule has 0 saturated heterocycles. The minimum absolute atomic E-state index is 0.178. The van der Waals surface area contributed by atoms with E-state index in [4.69, 9.17) is 5.11 Å². The van der Waals surface area contributed by atoms with Crippen LogP contribution in [0.1, 0.15) is 47.0 Å². The van der Waals surface area contributed by atoms with Gasteiger partial charge in [0.25, 0.3) is 0 Å². The summed E-state index contributed by atoms with van der Waals surface area (Å²) in [6.45, 7) is 9.49. The lowest BCUT2D eigenvalue weighted by molar-refractivity contribution is 0.182. The van der Waals surface area contributed by atoms with Gasteiger partial charge in [-0.3, -0.25) is 0 Å². The Morgan fingerprint density at radius 1 is 1.23 bits per heavy atom. The van der Waals surface area contributed by atoms with Crippen LogP contribution < -0.4 is 5.32 Å². The summed E-state index contributed by atoms with van der Waals surface area (Å²) in [5, 5.41) is 12.5. The van der Waals surface area contributed by atoms with Gasteiger partial charge in [-0.05, 0) is 39.2 Å². The van der Waals surface area contributed by atoms with Crippen molar-refractivity contribution in [3.05, 3.63) is 0 Å². The number of hydrogen-bond acceptors (Lipinski definition) is 2. The van der Waals surface area contributed by atoms with E-state index < -0.39 is 0 Å². The first-order chi connectivity index (χ1) is 6.06. The van der Waals surface area contributed by atoms with Crippen LogP contribution in [0.2, 0.25) is 0 Å². The van der Waals surface area contributed by atoms with Crippen LogP contribution in [0.4, 0.5) is 0 Å². The fourth-order valence-corrected chi connectivity index (χ4v) is 1.39. The fraction of sp³-hybridized carbons (Fsp3) is 1.00. The Balaban J connectivity index is 3.34. The van der Waals surface area contributed by atoms with Gasteiger partial charge in [0, 0.05) is 6.04 Å². The second-order valence-corrected chi connectivity index (χ2v) is 4.24. The molecule has 80 valence electrons. The van der Waals surface area contributed by atoms with Crippen LogP contribution >= 0.6 is 0 Å². The topological polar surface area (TPSA) is 32.3 Å². The predicted octanol–water partition coefficient (Wildman–Crippen LogP) is 2.17. The molecule has 2 N–H and O–H groups in total. The third-order valence-corrected chi connectivity index (χ3v) is 2.51. The van der Waals surface area contributed by atoms with Gasteiger partial charge in [-0.2, -0.15) is 0 Å². The van der Waals surface area contributed by atoms with Crippen LogP contribution in [0.5, 0.6) is 0 Å². The monoisotopic (exact) mass is 187 g/mol. The largest absolute Gasteiger partial charge is 0.393 e. The van der Waals surface area contributed by atoms with Crippen LogP contribution in [0, 0.1) is 5.92 Å². The molecule has 0 spiro atoms. The highest BCUT2D eigenvalue weighted by atomic mass is 16.3. The average molecular weight is 187 g/mol. The molecule has 0 aromatic rings. The van der Waals surface area contributed by atoms with Crippen molar-refractivity contribution in [2.45, 2.75) is 59.1 Å². The van der Waals surface area contributed by atoms with Gasteiger partial charge in [-0.1, -0.05) is 20.3 Å². The highest BCUT2D eigenvalue weighted by Crippen LogP contribution is 2.09. The number of aliphatic hydroxyl groups is 1. The summed E-state index contributed by atoms with van der Waals surface area (Å²) < 4.78 is 0. The molecule has 0 saturated carbocycles. The molecule has 0 bridgehead atoms. The third-order valence-electron chi connectivity index (χ3n) is 2.51. The Hall–Kier alpha value is -0.0800. The maximum absolute atomic E-state index is 9.05. The zero-order chi connectivity index (χ0) is 10.3. The van der Waals surface area contributed by atoms with Gasteiger partial charge < -0.3 is 10.4 Å². The van der Waals surface area contributed by atoms with Crippen molar-refractivity contribution in [3.63, 3.8) is 0 Å². The summed E-state index contributed by atoms with van der Waals surface area (Å²) in [5.41, 5.74) is 0. The van der Waals surface area contributed by atoms with Crippen LogP contribution in [-0.2, 0) is 0 Å². The molecule has 0 radical (unpaired) electrons. The van der Waals surface area contributed by atoms with Gasteiger partial charge in [-0.15, -0.1) is 0 Å². The van der Waals surface area contributed by atoms with E-state index >= 15 is 0 Å². The van der Waals surface area contributed by atoms with E-state index in [1.807, 2.05) is 6.92 Å². The second-order valence-electron chi connectivity index (χ2n) is 4.24. The Morgan fingerprint density at radius 2 is 1.85 bits per heavy atom. The first-order valence-corrected chi connectivity index (χ1v) is 5.47. The molecule has 3 unspecified atom stereocenters. The third kappa shape index (κ3) is 8.26. The summed E-state index contributed by atoms with van der Waals surface area (Å²) in [6.07, 6.45) is 3.16. The van der Waals surface area contributed by atoms with Crippen molar-refractivity contribution in [1.82, 2.24) is 5.32 Å². The molecule has 0 aromatic carbocycles. The Morgan fingerprint density at radius 3 is 2.31 bits per heavy atom. The molecule has 3 atom stereocenters. The predicted molar refractivity (Wildman–Crippen MR) is 57.8 cm³/mol. The van der Waals surface area contributed by atoms with Crippen molar-refractivity contribution in [3.8, 4) is 0 Å². The van der Waals surface area contributed by atoms with E-state index in [1.165, 1.54) is 12.8 Å². The summed E-state index contributed by atoms with van der Waals surface area (Å²) in [5.74, 6) is 0.800. The summed E-state index contributed by atoms with van der Waals surface area (Å²) >= 11 is 0. The lowest BCUT2D eigenvalue weighted by atomic mass is 10.0. The first kappa shape index (κ1) is 12.9. The van der Waals surface area contributed by atoms with Crippen LogP contribution in [0.25, 0.3) is 0 Å². The molecule has 2 heteroatoms. The molecular weight excluding hydrogens is 162 g/mol. The normalized spacial score (nSPS) is 18.2. The van der Waals surface area contributed by atoms with E-state index in [9.17, 15) is 0 Å². The van der Waals surface area contributed by atoms with Crippen molar-refractivity contribution in [2.24, 2.45) is 5.92 Å². The fourth-order valence-electron chi connectivity index (χ4n) is 1.39. The molecule has 0 aliphatic heterocycles. The summed E-state index contributed by atoms with van der Waals surface area (Å²) in [4.78, 5) is 0. The number of aliphatic hydroxyl groups excluding tert-OH is 1. The molecule has 0 aromatic heterocycles. The van der Waals surface area contributed by atoms with Crippen LogP contribution in [-0.4, -0.2) is 23.8 Å². The molecule has 0 aliphatic carbocycles. The van der Waals surface area contributed by atoms with Gasteiger partial charge >= 0.3 is 0 Å². The number of nitrogens with one attached hydrogen (secondary N) is 1. The standard InChI is InChI=1S/C11H25NO/c1-5-9(2)8-10(3)12-7-6-11(4)13/h9-13H,5-8H2,1-4H3. The molecule has 0 amide bonds. The molecule has 0 aliphatic rings. The second kappa shape index (κ2) is 7.34. The molecular formula is C11H25NO. The lowest BCUT2D eigenvalue weighted by Gasteiger charge is -2.17. The van der Waals surface area contributed by atoms with E-state index in [0.29, 0.717) is 6.04 Å².